The molecule has 0 unspecified atom stereocenters. The highest BCUT2D eigenvalue weighted by molar-refractivity contribution is 8.13. The van der Waals surface area contributed by atoms with Crippen molar-refractivity contribution in [3.05, 3.63) is 17.3 Å². The summed E-state index contributed by atoms with van der Waals surface area (Å²) in [4.78, 5) is 2.91. The molecule has 0 saturated heterocycles. The fourth-order valence-corrected chi connectivity index (χ4v) is 2.45. The zero-order valence-electron chi connectivity index (χ0n) is 9.39. The number of rotatable bonds is 3. The summed E-state index contributed by atoms with van der Waals surface area (Å²) in [6.07, 6.45) is -10.6. The first-order valence-electron chi connectivity index (χ1n) is 4.63. The number of halogens is 8. The maximum atomic E-state index is 12.9. The fourth-order valence-electron chi connectivity index (χ4n) is 1.28. The summed E-state index contributed by atoms with van der Waals surface area (Å²) in [6, 6.07) is 0. The summed E-state index contributed by atoms with van der Waals surface area (Å²) in [5.74, 6) is -2.64. The third-order valence-electron chi connectivity index (χ3n) is 1.95. The first-order chi connectivity index (χ1) is 9.27. The van der Waals surface area contributed by atoms with Crippen molar-refractivity contribution in [3.63, 3.8) is 0 Å². The van der Waals surface area contributed by atoms with Gasteiger partial charge >= 0.3 is 12.5 Å². The first-order valence-corrected chi connectivity index (χ1v) is 7.47. The van der Waals surface area contributed by atoms with Gasteiger partial charge in [-0.15, -0.1) is 24.8 Å². The van der Waals surface area contributed by atoms with Crippen LogP contribution in [0.5, 0.6) is 5.75 Å². The van der Waals surface area contributed by atoms with Gasteiger partial charge in [-0.2, -0.15) is 13.2 Å². The van der Waals surface area contributed by atoms with Gasteiger partial charge in [-0.05, 0) is 0 Å². The maximum Gasteiger partial charge on any atom is 0.573 e. The van der Waals surface area contributed by atoms with Gasteiger partial charge < -0.3 is 4.74 Å². The molecule has 1 aromatic rings. The molecule has 0 bridgehead atoms. The van der Waals surface area contributed by atoms with Gasteiger partial charge in [0.2, 0.25) is 0 Å². The van der Waals surface area contributed by atoms with E-state index in [9.17, 15) is 34.8 Å². The molecule has 0 radical (unpaired) electrons. The predicted octanol–water partition coefficient (Wildman–Crippen LogP) is 3.67. The number of ether oxygens (including phenoxy) is 1. The summed E-state index contributed by atoms with van der Waals surface area (Å²) in [5.41, 5.74) is -3.07. The topological polar surface area (TPSA) is 56.3 Å². The summed E-state index contributed by atoms with van der Waals surface area (Å²) >= 11 is 5.21. The Hall–Kier alpha value is -0.940. The van der Waals surface area contributed by atoms with Crippen molar-refractivity contribution >= 4 is 31.3 Å². The average Bonchev–Trinajstić information content (AvgIpc) is 2.23. The van der Waals surface area contributed by atoms with E-state index in [4.69, 9.17) is 22.3 Å². The Bertz CT molecular complexity index is 643. The number of aromatic nitrogens is 1. The third-order valence-corrected chi connectivity index (χ3v) is 3.44. The second-order valence-corrected chi connectivity index (χ2v) is 6.16. The standard InChI is InChI=1S/C8H3Cl2F6NO3S/c9-1-3-2-17-6(21(10,18)19)4(7(11,12)13)5(3)20-8(14,15)16/h2H,1H2. The van der Waals surface area contributed by atoms with E-state index in [1.54, 1.807) is 0 Å². The van der Waals surface area contributed by atoms with E-state index in [1.807, 2.05) is 0 Å². The molecule has 0 aliphatic heterocycles. The number of nitrogens with zero attached hydrogens (tertiary/aromatic N) is 1. The minimum absolute atomic E-state index is 0.401. The molecule has 0 aliphatic carbocycles. The van der Waals surface area contributed by atoms with Crippen LogP contribution in [0.1, 0.15) is 11.1 Å². The monoisotopic (exact) mass is 377 g/mol. The molecule has 0 aliphatic rings. The van der Waals surface area contributed by atoms with E-state index in [0.29, 0.717) is 6.20 Å². The lowest BCUT2D eigenvalue weighted by molar-refractivity contribution is -0.276. The Morgan fingerprint density at radius 3 is 2.05 bits per heavy atom. The van der Waals surface area contributed by atoms with Crippen LogP contribution in [0.25, 0.3) is 0 Å². The lowest BCUT2D eigenvalue weighted by Crippen LogP contribution is -2.23. The number of hydrogen-bond acceptors (Lipinski definition) is 4. The lowest BCUT2D eigenvalue weighted by Gasteiger charge is -2.19. The fraction of sp³-hybridized carbons (Fsp3) is 0.375. The highest BCUT2D eigenvalue weighted by atomic mass is 35.7. The Morgan fingerprint density at radius 2 is 1.71 bits per heavy atom. The molecule has 120 valence electrons. The number of alkyl halides is 7. The van der Waals surface area contributed by atoms with Crippen LogP contribution in [-0.4, -0.2) is 19.8 Å². The van der Waals surface area contributed by atoms with Crippen molar-refractivity contribution in [2.75, 3.05) is 0 Å². The molecule has 0 saturated carbocycles. The minimum atomic E-state index is -5.52. The molecule has 0 N–H and O–H groups in total. The van der Waals surface area contributed by atoms with Crippen LogP contribution in [-0.2, 0) is 21.1 Å². The summed E-state index contributed by atoms with van der Waals surface area (Å²) in [5, 5.41) is -1.80. The second-order valence-electron chi connectivity index (χ2n) is 3.41. The van der Waals surface area contributed by atoms with E-state index in [2.05, 4.69) is 9.72 Å². The van der Waals surface area contributed by atoms with Gasteiger partial charge in [0.05, 0.1) is 5.88 Å². The molecule has 21 heavy (non-hydrogen) atoms. The van der Waals surface area contributed by atoms with Crippen LogP contribution in [0.2, 0.25) is 0 Å². The number of pyridine rings is 1. The van der Waals surface area contributed by atoms with Gasteiger partial charge in [-0.1, -0.05) is 0 Å². The molecule has 1 rings (SSSR count). The molecule has 1 heterocycles. The number of hydrogen-bond donors (Lipinski definition) is 0. The second kappa shape index (κ2) is 5.69. The van der Waals surface area contributed by atoms with Gasteiger partial charge in [0.15, 0.2) is 10.8 Å². The summed E-state index contributed by atoms with van der Waals surface area (Å²) in [6.45, 7) is 0. The van der Waals surface area contributed by atoms with Crippen LogP contribution in [0.3, 0.4) is 0 Å². The van der Waals surface area contributed by atoms with E-state index in [-0.39, 0.29) is 0 Å². The van der Waals surface area contributed by atoms with Crippen molar-refractivity contribution in [2.45, 2.75) is 23.4 Å². The molecule has 1 aromatic heterocycles. The van der Waals surface area contributed by atoms with E-state index >= 15 is 0 Å². The zero-order valence-corrected chi connectivity index (χ0v) is 11.7. The zero-order chi connectivity index (χ0) is 16.6. The largest absolute Gasteiger partial charge is 0.573 e. The van der Waals surface area contributed by atoms with Crippen LogP contribution < -0.4 is 4.74 Å². The Labute approximate surface area is 123 Å². The predicted molar refractivity (Wildman–Crippen MR) is 58.5 cm³/mol. The van der Waals surface area contributed by atoms with E-state index in [0.717, 1.165) is 0 Å². The van der Waals surface area contributed by atoms with Crippen molar-refractivity contribution < 1.29 is 39.5 Å². The molecule has 0 spiro atoms. The molecule has 0 atom stereocenters. The molecule has 0 aromatic carbocycles. The van der Waals surface area contributed by atoms with Crippen molar-refractivity contribution in [1.82, 2.24) is 4.98 Å². The van der Waals surface area contributed by atoms with Crippen molar-refractivity contribution in [2.24, 2.45) is 0 Å². The van der Waals surface area contributed by atoms with Gasteiger partial charge in [-0.3, -0.25) is 0 Å². The van der Waals surface area contributed by atoms with Crippen LogP contribution in [0.15, 0.2) is 11.2 Å². The molecular formula is C8H3Cl2F6NO3S. The SMILES string of the molecule is O=S(=O)(Cl)c1ncc(CCl)c(OC(F)(F)F)c1C(F)(F)F. The van der Waals surface area contributed by atoms with Crippen molar-refractivity contribution in [1.29, 1.82) is 0 Å². The van der Waals surface area contributed by atoms with Crippen LogP contribution in [0, 0.1) is 0 Å². The quantitative estimate of drug-likeness (QED) is 0.458. The normalized spacial score (nSPS) is 13.3. The summed E-state index contributed by atoms with van der Waals surface area (Å²) in [7, 11) is -0.321. The molecule has 13 heteroatoms. The minimum Gasteiger partial charge on any atom is -0.405 e. The van der Waals surface area contributed by atoms with E-state index in [1.165, 1.54) is 0 Å². The molecule has 0 amide bonds. The van der Waals surface area contributed by atoms with E-state index < -0.39 is 49.4 Å². The van der Waals surface area contributed by atoms with Gasteiger partial charge in [0, 0.05) is 22.4 Å². The average molecular weight is 378 g/mol. The highest BCUT2D eigenvalue weighted by Gasteiger charge is 2.45. The van der Waals surface area contributed by atoms with Crippen LogP contribution >= 0.6 is 22.3 Å². The Balaban J connectivity index is 3.79. The molecular weight excluding hydrogens is 375 g/mol. The summed E-state index contributed by atoms with van der Waals surface area (Å²) < 4.78 is 101. The van der Waals surface area contributed by atoms with Gasteiger partial charge in [0.1, 0.15) is 5.56 Å². The molecule has 0 fully saturated rings. The first kappa shape index (κ1) is 18.1. The smallest absolute Gasteiger partial charge is 0.405 e. The Kier molecular flexibility index (Phi) is 4.91. The maximum absolute atomic E-state index is 12.9. The van der Waals surface area contributed by atoms with Gasteiger partial charge in [-0.25, -0.2) is 13.4 Å². The van der Waals surface area contributed by atoms with Crippen molar-refractivity contribution in [3.8, 4) is 5.75 Å². The molecule has 4 nitrogen and oxygen atoms in total. The highest BCUT2D eigenvalue weighted by Crippen LogP contribution is 2.44. The lowest BCUT2D eigenvalue weighted by atomic mass is 10.2. The van der Waals surface area contributed by atoms with Crippen LogP contribution in [0.4, 0.5) is 26.3 Å². The Morgan fingerprint density at radius 1 is 1.19 bits per heavy atom. The van der Waals surface area contributed by atoms with Gasteiger partial charge in [0.25, 0.3) is 9.05 Å². The third kappa shape index (κ3) is 4.51.